The fourth-order valence-corrected chi connectivity index (χ4v) is 4.28. The van der Waals surface area contributed by atoms with Crippen molar-refractivity contribution in [2.45, 2.75) is 52.6 Å². The minimum atomic E-state index is -0.877. The number of aryl methyl sites for hydroxylation is 2. The van der Waals surface area contributed by atoms with E-state index in [0.717, 1.165) is 43.2 Å². The van der Waals surface area contributed by atoms with Crippen molar-refractivity contribution < 1.29 is 17.9 Å². The van der Waals surface area contributed by atoms with Gasteiger partial charge < -0.3 is 4.74 Å². The first-order valence-electron chi connectivity index (χ1n) is 12.6. The van der Waals surface area contributed by atoms with Crippen LogP contribution in [0.25, 0.3) is 22.3 Å². The monoisotopic (exact) mass is 488 g/mol. The molecule has 0 amide bonds. The van der Waals surface area contributed by atoms with E-state index in [-0.39, 0.29) is 23.6 Å². The number of hydrogen-bond acceptors (Lipinski definition) is 1. The zero-order valence-corrected chi connectivity index (χ0v) is 20.8. The van der Waals surface area contributed by atoms with Gasteiger partial charge in [0.25, 0.3) is 0 Å². The van der Waals surface area contributed by atoms with Gasteiger partial charge in [-0.1, -0.05) is 87.4 Å². The van der Waals surface area contributed by atoms with Crippen LogP contribution in [0.3, 0.4) is 0 Å². The zero-order valence-electron chi connectivity index (χ0n) is 20.8. The van der Waals surface area contributed by atoms with Crippen molar-refractivity contribution >= 4 is 0 Å². The summed E-state index contributed by atoms with van der Waals surface area (Å²) in [6.07, 6.45) is 4.70. The summed E-state index contributed by atoms with van der Waals surface area (Å²) in [5.74, 6) is -1.38. The number of hydrogen-bond donors (Lipinski definition) is 0. The predicted octanol–water partition coefficient (Wildman–Crippen LogP) is 9.31. The second kappa shape index (κ2) is 11.9. The SMILES string of the molecule is CCCCc1ccc(COc2ccc(-c3ccc(-c4ccc(CCC)cc4)c(F)c3F)cc2)cc1F. The van der Waals surface area contributed by atoms with Crippen LogP contribution in [-0.4, -0.2) is 0 Å². The van der Waals surface area contributed by atoms with Gasteiger partial charge in [-0.25, -0.2) is 13.2 Å². The summed E-state index contributed by atoms with van der Waals surface area (Å²) in [4.78, 5) is 0. The summed E-state index contributed by atoms with van der Waals surface area (Å²) in [6, 6.07) is 22.8. The van der Waals surface area contributed by atoms with Gasteiger partial charge in [0, 0.05) is 11.1 Å². The van der Waals surface area contributed by atoms with E-state index < -0.39 is 11.6 Å². The van der Waals surface area contributed by atoms with Crippen LogP contribution in [-0.2, 0) is 19.4 Å². The van der Waals surface area contributed by atoms with Gasteiger partial charge in [-0.05, 0) is 65.3 Å². The van der Waals surface area contributed by atoms with Crippen molar-refractivity contribution in [1.29, 1.82) is 0 Å². The Labute approximate surface area is 211 Å². The minimum absolute atomic E-state index is 0.190. The average molecular weight is 489 g/mol. The lowest BCUT2D eigenvalue weighted by Gasteiger charge is -2.11. The van der Waals surface area contributed by atoms with Gasteiger partial charge in [-0.3, -0.25) is 0 Å². The third-order valence-corrected chi connectivity index (χ3v) is 6.37. The topological polar surface area (TPSA) is 9.23 Å². The molecule has 0 bridgehead atoms. The zero-order chi connectivity index (χ0) is 25.5. The molecule has 4 aromatic carbocycles. The summed E-state index contributed by atoms with van der Waals surface area (Å²) in [6.45, 7) is 4.41. The fourth-order valence-electron chi connectivity index (χ4n) is 4.28. The fraction of sp³-hybridized carbons (Fsp3) is 0.250. The summed E-state index contributed by atoms with van der Waals surface area (Å²) in [5, 5.41) is 0. The molecule has 0 aliphatic heterocycles. The van der Waals surface area contributed by atoms with Crippen molar-refractivity contribution in [2.24, 2.45) is 0 Å². The van der Waals surface area contributed by atoms with Crippen LogP contribution in [0.4, 0.5) is 13.2 Å². The lowest BCUT2D eigenvalue weighted by Crippen LogP contribution is -1.99. The van der Waals surface area contributed by atoms with Gasteiger partial charge in [-0.15, -0.1) is 0 Å². The van der Waals surface area contributed by atoms with Crippen LogP contribution in [0.1, 0.15) is 49.8 Å². The molecule has 0 spiro atoms. The lowest BCUT2D eigenvalue weighted by atomic mass is 9.97. The van der Waals surface area contributed by atoms with E-state index in [2.05, 4.69) is 13.8 Å². The van der Waals surface area contributed by atoms with E-state index in [1.165, 1.54) is 11.6 Å². The molecule has 0 aliphatic rings. The van der Waals surface area contributed by atoms with Crippen molar-refractivity contribution in [3.63, 3.8) is 0 Å². The molecule has 0 heterocycles. The molecule has 0 radical (unpaired) electrons. The second-order valence-corrected chi connectivity index (χ2v) is 9.08. The normalized spacial score (nSPS) is 11.0. The molecule has 0 saturated heterocycles. The highest BCUT2D eigenvalue weighted by molar-refractivity contribution is 5.72. The maximum absolute atomic E-state index is 15.0. The van der Waals surface area contributed by atoms with Crippen LogP contribution in [0.2, 0.25) is 0 Å². The number of rotatable bonds is 10. The van der Waals surface area contributed by atoms with E-state index in [9.17, 15) is 8.78 Å². The van der Waals surface area contributed by atoms with Crippen LogP contribution in [0.5, 0.6) is 5.75 Å². The molecule has 0 saturated carbocycles. The first kappa shape index (κ1) is 25.6. The molecule has 0 aromatic heterocycles. The highest BCUT2D eigenvalue weighted by atomic mass is 19.2. The Bertz CT molecular complexity index is 1290. The molecule has 0 atom stereocenters. The molecule has 4 heteroatoms. The van der Waals surface area contributed by atoms with E-state index in [0.29, 0.717) is 16.9 Å². The summed E-state index contributed by atoms with van der Waals surface area (Å²) in [5.41, 5.74) is 4.27. The third kappa shape index (κ3) is 5.99. The Kier molecular flexibility index (Phi) is 8.48. The maximum atomic E-state index is 15.0. The highest BCUT2D eigenvalue weighted by Gasteiger charge is 2.16. The van der Waals surface area contributed by atoms with E-state index in [4.69, 9.17) is 4.74 Å². The molecular formula is C32H31F3O. The smallest absolute Gasteiger partial charge is 0.167 e. The Morgan fingerprint density at radius 3 is 1.75 bits per heavy atom. The van der Waals surface area contributed by atoms with E-state index in [1.54, 1.807) is 36.4 Å². The van der Waals surface area contributed by atoms with E-state index >= 15 is 4.39 Å². The standard InChI is InChI=1S/C32H31F3O/c1-3-5-7-26-13-10-23(20-30(26)33)21-36-27-16-14-25(15-17-27)29-19-18-28(31(34)32(29)35)24-11-8-22(6-4-2)9-12-24/h8-20H,3-7,21H2,1-2H3. The van der Waals surface area contributed by atoms with Crippen molar-refractivity contribution in [3.05, 3.63) is 113 Å². The number of unbranched alkanes of at least 4 members (excludes halogenated alkanes) is 1. The third-order valence-electron chi connectivity index (χ3n) is 6.37. The van der Waals surface area contributed by atoms with Crippen LogP contribution >= 0.6 is 0 Å². The molecule has 0 aliphatic carbocycles. The molecule has 0 N–H and O–H groups in total. The van der Waals surface area contributed by atoms with Gasteiger partial charge in [-0.2, -0.15) is 0 Å². The summed E-state index contributed by atoms with van der Waals surface area (Å²) in [7, 11) is 0. The van der Waals surface area contributed by atoms with Crippen LogP contribution in [0, 0.1) is 17.5 Å². The number of halogens is 3. The van der Waals surface area contributed by atoms with Crippen molar-refractivity contribution in [1.82, 2.24) is 0 Å². The van der Waals surface area contributed by atoms with Gasteiger partial charge in [0.1, 0.15) is 18.2 Å². The average Bonchev–Trinajstić information content (AvgIpc) is 2.90. The first-order chi connectivity index (χ1) is 17.5. The molecule has 0 unspecified atom stereocenters. The molecular weight excluding hydrogens is 457 g/mol. The Balaban J connectivity index is 1.45. The molecule has 4 rings (SSSR count). The van der Waals surface area contributed by atoms with Crippen LogP contribution in [0.15, 0.2) is 78.9 Å². The van der Waals surface area contributed by atoms with Crippen LogP contribution < -0.4 is 4.74 Å². The van der Waals surface area contributed by atoms with Crippen molar-refractivity contribution in [2.75, 3.05) is 0 Å². The molecule has 1 nitrogen and oxygen atoms in total. The summed E-state index contributed by atoms with van der Waals surface area (Å²) < 4.78 is 50.0. The Morgan fingerprint density at radius 2 is 1.19 bits per heavy atom. The van der Waals surface area contributed by atoms with E-state index in [1.807, 2.05) is 36.4 Å². The lowest BCUT2D eigenvalue weighted by molar-refractivity contribution is 0.305. The molecule has 186 valence electrons. The number of benzene rings is 4. The maximum Gasteiger partial charge on any atom is 0.167 e. The minimum Gasteiger partial charge on any atom is -0.489 e. The molecule has 4 aromatic rings. The van der Waals surface area contributed by atoms with Gasteiger partial charge in [0.15, 0.2) is 11.6 Å². The largest absolute Gasteiger partial charge is 0.489 e. The predicted molar refractivity (Wildman–Crippen MR) is 141 cm³/mol. The Hall–Kier alpha value is -3.53. The Morgan fingerprint density at radius 1 is 0.611 bits per heavy atom. The quantitative estimate of drug-likeness (QED) is 0.216. The van der Waals surface area contributed by atoms with Gasteiger partial charge in [0.2, 0.25) is 0 Å². The highest BCUT2D eigenvalue weighted by Crippen LogP contribution is 2.32. The molecule has 36 heavy (non-hydrogen) atoms. The second-order valence-electron chi connectivity index (χ2n) is 9.08. The van der Waals surface area contributed by atoms with Gasteiger partial charge in [0.05, 0.1) is 0 Å². The van der Waals surface area contributed by atoms with Gasteiger partial charge >= 0.3 is 0 Å². The first-order valence-corrected chi connectivity index (χ1v) is 12.6. The van der Waals surface area contributed by atoms with Crippen molar-refractivity contribution in [3.8, 4) is 28.0 Å². The molecule has 0 fully saturated rings. The number of ether oxygens (including phenoxy) is 1. The summed E-state index contributed by atoms with van der Waals surface area (Å²) >= 11 is 0.